The largest absolute Gasteiger partial charge is 0.313 e. The summed E-state index contributed by atoms with van der Waals surface area (Å²) in [7, 11) is 0. The summed E-state index contributed by atoms with van der Waals surface area (Å²) in [6, 6.07) is 0.608. The topological polar surface area (TPSA) is 24.1 Å². The van der Waals surface area contributed by atoms with Gasteiger partial charge >= 0.3 is 0 Å². The molecule has 0 aromatic rings. The van der Waals surface area contributed by atoms with Crippen molar-refractivity contribution in [3.8, 4) is 0 Å². The van der Waals surface area contributed by atoms with Crippen molar-refractivity contribution in [1.82, 2.24) is 10.6 Å². The maximum absolute atomic E-state index is 3.66. The zero-order chi connectivity index (χ0) is 9.73. The van der Waals surface area contributed by atoms with E-state index in [-0.39, 0.29) is 0 Å². The smallest absolute Gasteiger partial charge is 0.0306 e. The molecule has 1 unspecified atom stereocenters. The third-order valence-corrected chi connectivity index (χ3v) is 2.91. The standard InChI is InChI=1S/C11H24N2/c1-4-6-11(7-5-8-13-11)9-12-10(2)3/h10,12-13H,4-9H2,1-3H3. The van der Waals surface area contributed by atoms with Crippen molar-refractivity contribution < 1.29 is 0 Å². The molecule has 0 radical (unpaired) electrons. The van der Waals surface area contributed by atoms with Crippen LogP contribution in [-0.2, 0) is 0 Å². The summed E-state index contributed by atoms with van der Waals surface area (Å²) in [5.74, 6) is 0. The van der Waals surface area contributed by atoms with Crippen molar-refractivity contribution in [3.05, 3.63) is 0 Å². The first-order chi connectivity index (χ1) is 6.18. The number of rotatable bonds is 5. The molecule has 0 amide bonds. The van der Waals surface area contributed by atoms with Gasteiger partial charge in [-0.25, -0.2) is 0 Å². The fraction of sp³-hybridized carbons (Fsp3) is 1.00. The van der Waals surface area contributed by atoms with Crippen LogP contribution in [0.3, 0.4) is 0 Å². The van der Waals surface area contributed by atoms with Gasteiger partial charge in [-0.15, -0.1) is 0 Å². The first-order valence-electron chi connectivity index (χ1n) is 5.67. The van der Waals surface area contributed by atoms with Crippen LogP contribution in [0.4, 0.5) is 0 Å². The highest BCUT2D eigenvalue weighted by Crippen LogP contribution is 2.23. The van der Waals surface area contributed by atoms with Gasteiger partial charge in [-0.05, 0) is 25.8 Å². The molecule has 1 saturated heterocycles. The van der Waals surface area contributed by atoms with E-state index in [9.17, 15) is 0 Å². The van der Waals surface area contributed by atoms with Gasteiger partial charge in [0.1, 0.15) is 0 Å². The Morgan fingerprint density at radius 2 is 2.23 bits per heavy atom. The lowest BCUT2D eigenvalue weighted by atomic mass is 9.91. The Morgan fingerprint density at radius 3 is 2.69 bits per heavy atom. The predicted molar refractivity (Wildman–Crippen MR) is 58.0 cm³/mol. The lowest BCUT2D eigenvalue weighted by Crippen LogP contribution is -2.49. The summed E-state index contributed by atoms with van der Waals surface area (Å²) in [6.45, 7) is 9.05. The summed E-state index contributed by atoms with van der Waals surface area (Å²) in [6.07, 6.45) is 5.29. The van der Waals surface area contributed by atoms with Crippen LogP contribution in [0.15, 0.2) is 0 Å². The second kappa shape index (κ2) is 4.97. The molecule has 1 heterocycles. The molecular formula is C11H24N2. The van der Waals surface area contributed by atoms with Crippen LogP contribution in [0.5, 0.6) is 0 Å². The Morgan fingerprint density at radius 1 is 1.46 bits per heavy atom. The second-order valence-corrected chi connectivity index (χ2v) is 4.60. The average molecular weight is 184 g/mol. The molecule has 1 aliphatic rings. The molecule has 0 aromatic heterocycles. The van der Waals surface area contributed by atoms with Crippen LogP contribution in [0.1, 0.15) is 46.5 Å². The van der Waals surface area contributed by atoms with E-state index < -0.39 is 0 Å². The molecule has 0 saturated carbocycles. The molecule has 2 heteroatoms. The zero-order valence-electron chi connectivity index (χ0n) is 9.32. The van der Waals surface area contributed by atoms with Gasteiger partial charge in [-0.1, -0.05) is 27.2 Å². The maximum atomic E-state index is 3.66. The van der Waals surface area contributed by atoms with Gasteiger partial charge in [0.25, 0.3) is 0 Å². The van der Waals surface area contributed by atoms with Gasteiger partial charge in [0.15, 0.2) is 0 Å². The minimum absolute atomic E-state index is 0.416. The van der Waals surface area contributed by atoms with Crippen molar-refractivity contribution in [2.45, 2.75) is 58.0 Å². The molecule has 0 aliphatic carbocycles. The summed E-state index contributed by atoms with van der Waals surface area (Å²) in [5, 5.41) is 7.21. The first-order valence-corrected chi connectivity index (χ1v) is 5.67. The highest BCUT2D eigenvalue weighted by Gasteiger charge is 2.31. The molecule has 13 heavy (non-hydrogen) atoms. The molecule has 1 fully saturated rings. The zero-order valence-corrected chi connectivity index (χ0v) is 9.32. The second-order valence-electron chi connectivity index (χ2n) is 4.60. The van der Waals surface area contributed by atoms with Gasteiger partial charge in [0, 0.05) is 18.1 Å². The van der Waals surface area contributed by atoms with Gasteiger partial charge in [0.05, 0.1) is 0 Å². The summed E-state index contributed by atoms with van der Waals surface area (Å²) < 4.78 is 0. The van der Waals surface area contributed by atoms with E-state index in [1.165, 1.54) is 32.2 Å². The molecule has 0 spiro atoms. The van der Waals surface area contributed by atoms with Crippen LogP contribution < -0.4 is 10.6 Å². The Bertz CT molecular complexity index is 137. The van der Waals surface area contributed by atoms with Crippen LogP contribution in [-0.4, -0.2) is 24.7 Å². The van der Waals surface area contributed by atoms with Crippen LogP contribution in [0, 0.1) is 0 Å². The predicted octanol–water partition coefficient (Wildman–Crippen LogP) is 1.91. The van der Waals surface area contributed by atoms with E-state index in [0.29, 0.717) is 11.6 Å². The van der Waals surface area contributed by atoms with E-state index in [4.69, 9.17) is 0 Å². The Balaban J connectivity index is 2.37. The Labute approximate surface area is 82.5 Å². The minimum Gasteiger partial charge on any atom is -0.313 e. The van der Waals surface area contributed by atoms with Crippen molar-refractivity contribution in [2.24, 2.45) is 0 Å². The van der Waals surface area contributed by atoms with Crippen LogP contribution in [0.25, 0.3) is 0 Å². The van der Waals surface area contributed by atoms with Gasteiger partial charge in [0.2, 0.25) is 0 Å². The van der Waals surface area contributed by atoms with Crippen LogP contribution in [0.2, 0.25) is 0 Å². The normalized spacial score (nSPS) is 28.6. The van der Waals surface area contributed by atoms with Crippen molar-refractivity contribution in [3.63, 3.8) is 0 Å². The number of hydrogen-bond donors (Lipinski definition) is 2. The summed E-state index contributed by atoms with van der Waals surface area (Å²) in [5.41, 5.74) is 0.416. The quantitative estimate of drug-likeness (QED) is 0.682. The van der Waals surface area contributed by atoms with E-state index in [2.05, 4.69) is 31.4 Å². The van der Waals surface area contributed by atoms with E-state index in [0.717, 1.165) is 6.54 Å². The van der Waals surface area contributed by atoms with E-state index in [1.54, 1.807) is 0 Å². The summed E-state index contributed by atoms with van der Waals surface area (Å²) in [4.78, 5) is 0. The van der Waals surface area contributed by atoms with Crippen molar-refractivity contribution in [2.75, 3.05) is 13.1 Å². The third kappa shape index (κ3) is 3.28. The minimum atomic E-state index is 0.416. The molecule has 78 valence electrons. The highest BCUT2D eigenvalue weighted by atomic mass is 15.1. The van der Waals surface area contributed by atoms with Crippen molar-refractivity contribution >= 4 is 0 Å². The Hall–Kier alpha value is -0.0800. The highest BCUT2D eigenvalue weighted by molar-refractivity contribution is 4.94. The van der Waals surface area contributed by atoms with Gasteiger partial charge < -0.3 is 10.6 Å². The molecule has 2 N–H and O–H groups in total. The molecule has 0 aromatic carbocycles. The first kappa shape index (κ1) is 11.0. The fourth-order valence-corrected chi connectivity index (χ4v) is 2.20. The summed E-state index contributed by atoms with van der Waals surface area (Å²) >= 11 is 0. The SMILES string of the molecule is CCCC1(CNC(C)C)CCCN1. The van der Waals surface area contributed by atoms with E-state index >= 15 is 0 Å². The molecule has 1 rings (SSSR count). The average Bonchev–Trinajstić information content (AvgIpc) is 2.51. The Kier molecular flexibility index (Phi) is 4.20. The lowest BCUT2D eigenvalue weighted by Gasteiger charge is -2.30. The molecule has 0 bridgehead atoms. The monoisotopic (exact) mass is 184 g/mol. The van der Waals surface area contributed by atoms with Gasteiger partial charge in [-0.3, -0.25) is 0 Å². The molecule has 2 nitrogen and oxygen atoms in total. The maximum Gasteiger partial charge on any atom is 0.0306 e. The van der Waals surface area contributed by atoms with Gasteiger partial charge in [-0.2, -0.15) is 0 Å². The molecule has 1 aliphatic heterocycles. The fourth-order valence-electron chi connectivity index (χ4n) is 2.20. The van der Waals surface area contributed by atoms with Crippen LogP contribution >= 0.6 is 0 Å². The number of hydrogen-bond acceptors (Lipinski definition) is 2. The lowest BCUT2D eigenvalue weighted by molar-refractivity contribution is 0.315. The molecular weight excluding hydrogens is 160 g/mol. The van der Waals surface area contributed by atoms with E-state index in [1.807, 2.05) is 0 Å². The number of nitrogens with one attached hydrogen (secondary N) is 2. The molecule has 1 atom stereocenters. The third-order valence-electron chi connectivity index (χ3n) is 2.91. The van der Waals surface area contributed by atoms with Crippen molar-refractivity contribution in [1.29, 1.82) is 0 Å².